The van der Waals surface area contributed by atoms with Gasteiger partial charge >= 0.3 is 0 Å². The summed E-state index contributed by atoms with van der Waals surface area (Å²) >= 11 is 0. The molecule has 0 amide bonds. The first-order valence-electron chi connectivity index (χ1n) is 10.1. The van der Waals surface area contributed by atoms with E-state index in [1.807, 2.05) is 0 Å². The molecule has 4 aliphatic carbocycles. The highest BCUT2D eigenvalue weighted by Crippen LogP contribution is 2.69. The Morgan fingerprint density at radius 3 is 2.85 bits per heavy atom. The van der Waals surface area contributed by atoms with E-state index in [1.165, 1.54) is 0 Å². The van der Waals surface area contributed by atoms with Gasteiger partial charge in [-0.2, -0.15) is 0 Å². The molecule has 1 aliphatic heterocycles. The van der Waals surface area contributed by atoms with Crippen LogP contribution in [-0.2, 0) is 14.3 Å². The van der Waals surface area contributed by atoms with E-state index in [1.54, 1.807) is 0 Å². The highest BCUT2D eigenvalue weighted by atomic mass is 16.5. The number of carbonyl (C=O) groups is 2. The molecule has 0 aromatic carbocycles. The van der Waals surface area contributed by atoms with Crippen LogP contribution in [0.5, 0.6) is 0 Å². The summed E-state index contributed by atoms with van der Waals surface area (Å²) in [5.41, 5.74) is 0.707. The van der Waals surface area contributed by atoms with Crippen LogP contribution in [0.1, 0.15) is 51.9 Å². The Morgan fingerprint density at radius 1 is 1.27 bits per heavy atom. The minimum atomic E-state index is -0.362. The Labute approximate surface area is 153 Å². The van der Waals surface area contributed by atoms with Crippen LogP contribution in [0.2, 0.25) is 0 Å². The number of carbonyl (C=O) groups excluding carboxylic acids is 2. The average molecular weight is 360 g/mol. The van der Waals surface area contributed by atoms with Crippen LogP contribution in [0, 0.1) is 34.5 Å². The van der Waals surface area contributed by atoms with Crippen molar-refractivity contribution in [1.82, 2.24) is 0 Å². The van der Waals surface area contributed by atoms with Crippen molar-refractivity contribution in [1.29, 1.82) is 0 Å². The van der Waals surface area contributed by atoms with Crippen LogP contribution in [0.3, 0.4) is 0 Å². The molecule has 2 N–H and O–H groups in total. The van der Waals surface area contributed by atoms with Gasteiger partial charge in [-0.3, -0.25) is 9.59 Å². The molecule has 26 heavy (non-hydrogen) atoms. The van der Waals surface area contributed by atoms with Gasteiger partial charge in [0.2, 0.25) is 0 Å². The third kappa shape index (κ3) is 1.89. The van der Waals surface area contributed by atoms with Gasteiger partial charge in [-0.15, -0.1) is 0 Å². The largest absolute Gasteiger partial charge is 0.504 e. The fourth-order valence-corrected chi connectivity index (χ4v) is 7.86. The number of rotatable bonds is 2. The molecule has 5 rings (SSSR count). The third-order valence-electron chi connectivity index (χ3n) is 8.84. The number of aliphatic hydroxyl groups is 2. The summed E-state index contributed by atoms with van der Waals surface area (Å²) in [5, 5.41) is 19.9. The zero-order valence-corrected chi connectivity index (χ0v) is 15.4. The van der Waals surface area contributed by atoms with Crippen LogP contribution in [0.15, 0.2) is 11.3 Å². The second-order valence-corrected chi connectivity index (χ2v) is 9.56. The molecule has 142 valence electrons. The molecular weight excluding hydrogens is 332 g/mol. The maximum absolute atomic E-state index is 12.4. The second-order valence-electron chi connectivity index (χ2n) is 9.56. The molecule has 5 heteroatoms. The van der Waals surface area contributed by atoms with Crippen molar-refractivity contribution < 1.29 is 24.5 Å². The Balaban J connectivity index is 1.56. The molecule has 0 unspecified atom stereocenters. The van der Waals surface area contributed by atoms with Crippen LogP contribution >= 0.6 is 0 Å². The summed E-state index contributed by atoms with van der Waals surface area (Å²) in [6.45, 7) is 2.48. The van der Waals surface area contributed by atoms with E-state index in [9.17, 15) is 19.8 Å². The van der Waals surface area contributed by atoms with Gasteiger partial charge in [0.25, 0.3) is 0 Å². The van der Waals surface area contributed by atoms with Gasteiger partial charge in [0.05, 0.1) is 12.7 Å². The lowest BCUT2D eigenvalue weighted by Crippen LogP contribution is -2.55. The molecule has 5 aliphatic rings. The first kappa shape index (κ1) is 16.9. The average Bonchev–Trinajstić information content (AvgIpc) is 3.17. The Hall–Kier alpha value is -1.20. The van der Waals surface area contributed by atoms with Crippen molar-refractivity contribution >= 4 is 11.6 Å². The highest BCUT2D eigenvalue weighted by Gasteiger charge is 2.67. The van der Waals surface area contributed by atoms with E-state index in [2.05, 4.69) is 6.92 Å². The summed E-state index contributed by atoms with van der Waals surface area (Å²) in [7, 11) is 0. The van der Waals surface area contributed by atoms with E-state index in [-0.39, 0.29) is 46.8 Å². The molecule has 5 nitrogen and oxygen atoms in total. The summed E-state index contributed by atoms with van der Waals surface area (Å²) in [4.78, 5) is 24.4. The third-order valence-corrected chi connectivity index (χ3v) is 8.84. The van der Waals surface area contributed by atoms with Gasteiger partial charge in [-0.25, -0.2) is 0 Å². The van der Waals surface area contributed by atoms with Crippen molar-refractivity contribution in [3.63, 3.8) is 0 Å². The molecule has 7 atom stereocenters. The van der Waals surface area contributed by atoms with Crippen molar-refractivity contribution in [3.8, 4) is 0 Å². The van der Waals surface area contributed by atoms with Crippen LogP contribution < -0.4 is 0 Å². The van der Waals surface area contributed by atoms with Gasteiger partial charge in [-0.05, 0) is 67.3 Å². The van der Waals surface area contributed by atoms with Gasteiger partial charge < -0.3 is 14.9 Å². The summed E-state index contributed by atoms with van der Waals surface area (Å²) in [6.07, 6.45) is 5.84. The standard InChI is InChI=1S/C21H28O5/c1-20-8-17-18-11(12(20)4-5-13(20)16(24)9-22)2-3-14-19(25)15(23)6-7-21(14,18)10-26-17/h11-13,17-18,22,25H,2-10H2,1H3/t11-,12-,13+,17-,18+,20-,21+/m0/s1. The van der Waals surface area contributed by atoms with E-state index < -0.39 is 0 Å². The molecule has 3 saturated carbocycles. The number of hydrogen-bond acceptors (Lipinski definition) is 5. The predicted octanol–water partition coefficient (Wildman–Crippen LogP) is 2.57. The van der Waals surface area contributed by atoms with E-state index in [0.29, 0.717) is 30.8 Å². The first-order chi connectivity index (χ1) is 12.4. The Morgan fingerprint density at radius 2 is 2.08 bits per heavy atom. The highest BCUT2D eigenvalue weighted by molar-refractivity contribution is 5.95. The lowest BCUT2D eigenvalue weighted by Gasteiger charge is -2.56. The van der Waals surface area contributed by atoms with E-state index in [0.717, 1.165) is 44.1 Å². The number of Topliss-reactive ketones (excluding diaryl/α,β-unsaturated/α-hetero) is 2. The fraction of sp³-hybridized carbons (Fsp3) is 0.810. The topological polar surface area (TPSA) is 83.8 Å². The minimum Gasteiger partial charge on any atom is -0.504 e. The van der Waals surface area contributed by atoms with Crippen LogP contribution in [0.25, 0.3) is 0 Å². The zero-order valence-electron chi connectivity index (χ0n) is 15.4. The Bertz CT molecular complexity index is 711. The summed E-state index contributed by atoms with van der Waals surface area (Å²) in [5.74, 6) is 1.17. The maximum Gasteiger partial charge on any atom is 0.197 e. The lowest BCUT2D eigenvalue weighted by atomic mass is 9.46. The quantitative estimate of drug-likeness (QED) is 0.791. The van der Waals surface area contributed by atoms with E-state index >= 15 is 0 Å². The molecule has 1 heterocycles. The van der Waals surface area contributed by atoms with E-state index in [4.69, 9.17) is 4.74 Å². The minimum absolute atomic E-state index is 0.0153. The van der Waals surface area contributed by atoms with Crippen LogP contribution in [0.4, 0.5) is 0 Å². The second kappa shape index (κ2) is 5.41. The summed E-state index contributed by atoms with van der Waals surface area (Å²) < 4.78 is 6.32. The van der Waals surface area contributed by atoms with Crippen molar-refractivity contribution in [2.45, 2.75) is 58.0 Å². The fourth-order valence-electron chi connectivity index (χ4n) is 7.86. The summed E-state index contributed by atoms with van der Waals surface area (Å²) in [6, 6.07) is 0. The normalized spacial score (nSPS) is 49.6. The number of fused-ring (bicyclic) bond motifs is 2. The number of ether oxygens (including phenoxy) is 1. The Kier molecular flexibility index (Phi) is 3.53. The molecule has 0 radical (unpaired) electrons. The molecule has 4 fully saturated rings. The predicted molar refractivity (Wildman–Crippen MR) is 93.3 cm³/mol. The van der Waals surface area contributed by atoms with Gasteiger partial charge in [0.15, 0.2) is 17.3 Å². The number of aliphatic hydroxyl groups excluding tert-OH is 2. The molecule has 0 aromatic heterocycles. The number of hydrogen-bond donors (Lipinski definition) is 2. The maximum atomic E-state index is 12.4. The van der Waals surface area contributed by atoms with Crippen molar-refractivity contribution in [2.75, 3.05) is 13.2 Å². The first-order valence-corrected chi connectivity index (χ1v) is 10.1. The number of ketones is 2. The molecule has 1 spiro atoms. The zero-order chi connectivity index (χ0) is 18.3. The smallest absolute Gasteiger partial charge is 0.197 e. The van der Waals surface area contributed by atoms with Crippen molar-refractivity contribution in [2.24, 2.45) is 34.5 Å². The van der Waals surface area contributed by atoms with Gasteiger partial charge in [0, 0.05) is 17.8 Å². The van der Waals surface area contributed by atoms with Crippen LogP contribution in [-0.4, -0.2) is 41.1 Å². The van der Waals surface area contributed by atoms with Crippen molar-refractivity contribution in [3.05, 3.63) is 11.3 Å². The molecular formula is C21H28O5. The SMILES string of the molecule is C[C@]12C[C@@H]3OC[C@]45CCC(=O)C(O)=C4CC[C@H]([C@H]35)[C@@H]1CC[C@@H]2C(=O)CO. The monoisotopic (exact) mass is 360 g/mol. The van der Waals surface area contributed by atoms with Gasteiger partial charge in [-0.1, -0.05) is 6.92 Å². The van der Waals surface area contributed by atoms with Gasteiger partial charge in [0.1, 0.15) is 6.61 Å². The molecule has 0 bridgehead atoms. The molecule has 1 saturated heterocycles. The lowest BCUT2D eigenvalue weighted by molar-refractivity contribution is -0.135. The molecule has 0 aromatic rings.